The second-order valence-electron chi connectivity index (χ2n) is 4.97. The molecule has 78 valence electrons. The molecule has 3 N–H and O–H groups in total. The van der Waals surface area contributed by atoms with Gasteiger partial charge in [-0.15, -0.1) is 0 Å². The van der Waals surface area contributed by atoms with Gasteiger partial charge in [-0.25, -0.2) is 0 Å². The lowest BCUT2D eigenvalue weighted by atomic mass is 9.77. The fraction of sp³-hybridized carbons (Fsp3) is 0.900. The number of hydrogen-bond acceptors (Lipinski definition) is 3. The lowest BCUT2D eigenvalue weighted by Crippen LogP contribution is -2.69. The van der Waals surface area contributed by atoms with Gasteiger partial charge < -0.3 is 11.1 Å². The van der Waals surface area contributed by atoms with Crippen LogP contribution < -0.4 is 11.1 Å². The summed E-state index contributed by atoms with van der Waals surface area (Å²) >= 11 is 0. The van der Waals surface area contributed by atoms with E-state index in [2.05, 4.69) is 10.2 Å². The number of rotatable bonds is 2. The van der Waals surface area contributed by atoms with Crippen molar-refractivity contribution in [2.45, 2.75) is 37.4 Å². The molecule has 0 aromatic carbocycles. The Bertz CT molecular complexity index is 246. The summed E-state index contributed by atoms with van der Waals surface area (Å²) in [6.45, 7) is 2.35. The molecule has 4 heteroatoms. The van der Waals surface area contributed by atoms with Crippen molar-refractivity contribution >= 4 is 5.91 Å². The minimum Gasteiger partial charge on any atom is -0.369 e. The molecule has 4 fully saturated rings. The summed E-state index contributed by atoms with van der Waals surface area (Å²) < 4.78 is 0. The quantitative estimate of drug-likeness (QED) is 0.612. The molecular formula is C10H17N3O. The Morgan fingerprint density at radius 2 is 1.79 bits per heavy atom. The minimum absolute atomic E-state index is 0.110. The average molecular weight is 195 g/mol. The Kier molecular flexibility index (Phi) is 1.82. The Morgan fingerprint density at radius 1 is 1.21 bits per heavy atom. The fourth-order valence-electron chi connectivity index (χ4n) is 2.96. The van der Waals surface area contributed by atoms with Crippen LogP contribution in [0.3, 0.4) is 0 Å². The zero-order valence-corrected chi connectivity index (χ0v) is 8.28. The molecule has 4 rings (SSSR count). The van der Waals surface area contributed by atoms with E-state index in [1.807, 2.05) is 0 Å². The van der Waals surface area contributed by atoms with Crippen LogP contribution in [0.1, 0.15) is 19.3 Å². The lowest BCUT2D eigenvalue weighted by molar-refractivity contribution is -0.127. The Morgan fingerprint density at radius 3 is 2.29 bits per heavy atom. The highest BCUT2D eigenvalue weighted by Crippen LogP contribution is 2.34. The van der Waals surface area contributed by atoms with Crippen LogP contribution in [0.15, 0.2) is 0 Å². The standard InChI is InChI=1S/C10H17N3O/c11-10(14)6-1-9(2-6)13-4-7-3-8(5-13)12-7/h6-9,12H,1-5H2,(H2,11,14). The summed E-state index contributed by atoms with van der Waals surface area (Å²) in [6, 6.07) is 2.09. The molecule has 0 spiro atoms. The highest BCUT2D eigenvalue weighted by Gasteiger charge is 2.43. The van der Waals surface area contributed by atoms with Gasteiger partial charge >= 0.3 is 0 Å². The third-order valence-corrected chi connectivity index (χ3v) is 3.98. The van der Waals surface area contributed by atoms with E-state index >= 15 is 0 Å². The van der Waals surface area contributed by atoms with E-state index in [9.17, 15) is 4.79 Å². The number of nitrogens with zero attached hydrogens (tertiary/aromatic N) is 1. The van der Waals surface area contributed by atoms with E-state index in [4.69, 9.17) is 5.73 Å². The van der Waals surface area contributed by atoms with Gasteiger partial charge in [-0.2, -0.15) is 0 Å². The Balaban J connectivity index is 1.52. The summed E-state index contributed by atoms with van der Waals surface area (Å²) in [6.07, 6.45) is 3.34. The molecule has 2 bridgehead atoms. The number of piperazine rings is 1. The SMILES string of the molecule is NC(=O)C1CC(N2CC3CC(C2)N3)C1. The normalized spacial score (nSPS) is 46.6. The van der Waals surface area contributed by atoms with Crippen molar-refractivity contribution in [2.75, 3.05) is 13.1 Å². The average Bonchev–Trinajstić information content (AvgIpc) is 1.99. The van der Waals surface area contributed by atoms with E-state index in [-0.39, 0.29) is 11.8 Å². The van der Waals surface area contributed by atoms with Crippen LogP contribution in [0.4, 0.5) is 0 Å². The first kappa shape index (κ1) is 8.68. The van der Waals surface area contributed by atoms with E-state index in [1.165, 1.54) is 19.5 Å². The first-order chi connectivity index (χ1) is 6.72. The number of carbonyl (C=O) groups excluding carboxylic acids is 1. The topological polar surface area (TPSA) is 58.4 Å². The van der Waals surface area contributed by atoms with Crippen molar-refractivity contribution < 1.29 is 4.79 Å². The maximum absolute atomic E-state index is 10.9. The first-order valence-electron chi connectivity index (χ1n) is 5.52. The number of amides is 1. The number of primary amides is 1. The summed E-state index contributed by atoms with van der Waals surface area (Å²) in [7, 11) is 0. The second-order valence-corrected chi connectivity index (χ2v) is 4.97. The van der Waals surface area contributed by atoms with Crippen LogP contribution in [0.5, 0.6) is 0 Å². The van der Waals surface area contributed by atoms with Gasteiger partial charge in [0, 0.05) is 37.1 Å². The van der Waals surface area contributed by atoms with Crippen molar-refractivity contribution in [3.63, 3.8) is 0 Å². The van der Waals surface area contributed by atoms with E-state index < -0.39 is 0 Å². The third kappa shape index (κ3) is 1.25. The van der Waals surface area contributed by atoms with Gasteiger partial charge in [-0.1, -0.05) is 0 Å². The highest BCUT2D eigenvalue weighted by atomic mass is 16.1. The van der Waals surface area contributed by atoms with Gasteiger partial charge in [0.25, 0.3) is 0 Å². The number of fused-ring (bicyclic) bond motifs is 2. The molecule has 1 saturated carbocycles. The van der Waals surface area contributed by atoms with Crippen LogP contribution in [0, 0.1) is 5.92 Å². The molecule has 0 aromatic rings. The van der Waals surface area contributed by atoms with E-state index in [0.717, 1.165) is 24.9 Å². The maximum Gasteiger partial charge on any atom is 0.220 e. The molecule has 3 saturated heterocycles. The molecule has 3 heterocycles. The molecule has 2 atom stereocenters. The molecule has 1 aliphatic carbocycles. The van der Waals surface area contributed by atoms with Crippen LogP contribution in [-0.4, -0.2) is 42.0 Å². The van der Waals surface area contributed by atoms with E-state index in [0.29, 0.717) is 6.04 Å². The van der Waals surface area contributed by atoms with E-state index in [1.54, 1.807) is 0 Å². The zero-order valence-electron chi connectivity index (χ0n) is 8.28. The lowest BCUT2D eigenvalue weighted by Gasteiger charge is -2.53. The van der Waals surface area contributed by atoms with Gasteiger partial charge in [-0.3, -0.25) is 9.69 Å². The number of piperidine rings is 1. The number of nitrogens with one attached hydrogen (secondary N) is 1. The third-order valence-electron chi connectivity index (χ3n) is 3.98. The Labute approximate surface area is 83.8 Å². The summed E-state index contributed by atoms with van der Waals surface area (Å²) in [4.78, 5) is 13.4. The van der Waals surface area contributed by atoms with Crippen LogP contribution in [0.2, 0.25) is 0 Å². The van der Waals surface area contributed by atoms with Gasteiger partial charge in [0.05, 0.1) is 0 Å². The molecule has 3 aliphatic heterocycles. The second kappa shape index (κ2) is 2.94. The molecule has 4 aliphatic rings. The van der Waals surface area contributed by atoms with Gasteiger partial charge in [0.1, 0.15) is 0 Å². The fourth-order valence-corrected chi connectivity index (χ4v) is 2.96. The molecule has 2 unspecified atom stereocenters. The number of hydrogen-bond donors (Lipinski definition) is 2. The summed E-state index contributed by atoms with van der Waals surface area (Å²) in [5.74, 6) is 0.0488. The van der Waals surface area contributed by atoms with Crippen molar-refractivity contribution in [2.24, 2.45) is 11.7 Å². The van der Waals surface area contributed by atoms with Crippen molar-refractivity contribution in [3.8, 4) is 0 Å². The van der Waals surface area contributed by atoms with Crippen LogP contribution >= 0.6 is 0 Å². The highest BCUT2D eigenvalue weighted by molar-refractivity contribution is 5.77. The molecular weight excluding hydrogens is 178 g/mol. The molecule has 1 amide bonds. The molecule has 0 aromatic heterocycles. The minimum atomic E-state index is -0.110. The van der Waals surface area contributed by atoms with Gasteiger partial charge in [-0.05, 0) is 19.3 Å². The number of carbonyl (C=O) groups is 1. The van der Waals surface area contributed by atoms with Crippen molar-refractivity contribution in [1.82, 2.24) is 10.2 Å². The first-order valence-corrected chi connectivity index (χ1v) is 5.52. The molecule has 4 nitrogen and oxygen atoms in total. The van der Waals surface area contributed by atoms with Crippen molar-refractivity contribution in [3.05, 3.63) is 0 Å². The molecule has 14 heavy (non-hydrogen) atoms. The maximum atomic E-state index is 10.9. The van der Waals surface area contributed by atoms with Crippen LogP contribution in [0.25, 0.3) is 0 Å². The zero-order chi connectivity index (χ0) is 9.71. The predicted octanol–water partition coefficient (Wildman–Crippen LogP) is -0.704. The monoisotopic (exact) mass is 195 g/mol. The summed E-state index contributed by atoms with van der Waals surface area (Å²) in [5.41, 5.74) is 5.26. The molecule has 0 radical (unpaired) electrons. The van der Waals surface area contributed by atoms with Crippen molar-refractivity contribution in [1.29, 1.82) is 0 Å². The van der Waals surface area contributed by atoms with Gasteiger partial charge in [0.15, 0.2) is 0 Å². The number of nitrogens with two attached hydrogens (primary N) is 1. The van der Waals surface area contributed by atoms with Gasteiger partial charge in [0.2, 0.25) is 5.91 Å². The smallest absolute Gasteiger partial charge is 0.220 e. The largest absolute Gasteiger partial charge is 0.369 e. The summed E-state index contributed by atoms with van der Waals surface area (Å²) in [5, 5.41) is 3.51. The van der Waals surface area contributed by atoms with Crippen LogP contribution in [-0.2, 0) is 4.79 Å². The Hall–Kier alpha value is -0.610. The predicted molar refractivity (Wildman–Crippen MR) is 52.6 cm³/mol.